The molecule has 2 unspecified atom stereocenters. The van der Waals surface area contributed by atoms with Crippen LogP contribution in [0.4, 0.5) is 0 Å². The van der Waals surface area contributed by atoms with Crippen LogP contribution in [-0.2, 0) is 16.5 Å². The van der Waals surface area contributed by atoms with Crippen LogP contribution in [0.25, 0.3) is 0 Å². The molecule has 2 aliphatic rings. The topological polar surface area (TPSA) is 74.1 Å². The molecule has 1 N–H and O–H groups in total. The van der Waals surface area contributed by atoms with Gasteiger partial charge < -0.3 is 14.8 Å². The van der Waals surface area contributed by atoms with Gasteiger partial charge in [0.2, 0.25) is 0 Å². The number of hydrogen-bond acceptors (Lipinski definition) is 6. The first-order valence-electron chi connectivity index (χ1n) is 5.49. The minimum Gasteiger partial charge on any atom is -0.378 e. The normalized spacial score (nSPS) is 34.7. The maximum Gasteiger partial charge on any atom is 0.171 e. The number of rotatable bonds is 1. The van der Waals surface area contributed by atoms with E-state index in [1.165, 1.54) is 0 Å². The van der Waals surface area contributed by atoms with Gasteiger partial charge in [0, 0.05) is 26.6 Å². The van der Waals surface area contributed by atoms with Crippen molar-refractivity contribution in [2.75, 3.05) is 26.4 Å². The molecule has 0 aliphatic carbocycles. The molecule has 0 saturated carbocycles. The standard InChI is InChI=1S/C9H15N5O2/c1-14-8(11-12-13-14)7-9(2-4-15-6-9)16-5-3-10-7/h7,10H,2-6H2,1H3. The maximum atomic E-state index is 5.92. The van der Waals surface area contributed by atoms with Crippen molar-refractivity contribution < 1.29 is 9.47 Å². The Labute approximate surface area is 93.1 Å². The van der Waals surface area contributed by atoms with E-state index in [1.54, 1.807) is 4.68 Å². The van der Waals surface area contributed by atoms with Gasteiger partial charge in [-0.1, -0.05) is 0 Å². The SMILES string of the molecule is Cn1nnnc1C1NCCOC12CCOC2. The van der Waals surface area contributed by atoms with Crippen molar-refractivity contribution >= 4 is 0 Å². The number of hydrogen-bond donors (Lipinski definition) is 1. The van der Waals surface area contributed by atoms with E-state index < -0.39 is 0 Å². The second-order valence-corrected chi connectivity index (χ2v) is 4.26. The lowest BCUT2D eigenvalue weighted by molar-refractivity contribution is -0.101. The minimum absolute atomic E-state index is 0.0174. The van der Waals surface area contributed by atoms with E-state index in [-0.39, 0.29) is 11.6 Å². The second-order valence-electron chi connectivity index (χ2n) is 4.26. The first-order chi connectivity index (χ1) is 7.82. The molecule has 0 amide bonds. The number of nitrogens with zero attached hydrogens (tertiary/aromatic N) is 4. The zero-order valence-electron chi connectivity index (χ0n) is 9.22. The Kier molecular flexibility index (Phi) is 2.38. The van der Waals surface area contributed by atoms with Gasteiger partial charge in [-0.2, -0.15) is 0 Å². The molecular formula is C9H15N5O2. The van der Waals surface area contributed by atoms with Gasteiger partial charge in [0.25, 0.3) is 0 Å². The van der Waals surface area contributed by atoms with Crippen LogP contribution in [0.1, 0.15) is 18.3 Å². The number of aryl methyl sites for hydroxylation is 1. The molecular weight excluding hydrogens is 210 g/mol. The third-order valence-electron chi connectivity index (χ3n) is 3.29. The molecule has 0 aromatic carbocycles. The summed E-state index contributed by atoms with van der Waals surface area (Å²) < 4.78 is 13.1. The maximum absolute atomic E-state index is 5.92. The quantitative estimate of drug-likeness (QED) is 0.663. The van der Waals surface area contributed by atoms with Gasteiger partial charge in [0.15, 0.2) is 5.82 Å². The summed E-state index contributed by atoms with van der Waals surface area (Å²) in [5.74, 6) is 0.810. The Hall–Kier alpha value is -1.05. The molecule has 88 valence electrons. The Balaban J connectivity index is 1.94. The molecule has 3 heterocycles. The lowest BCUT2D eigenvalue weighted by atomic mass is 9.91. The molecule has 0 bridgehead atoms. The van der Waals surface area contributed by atoms with Gasteiger partial charge in [-0.15, -0.1) is 5.10 Å². The Bertz CT molecular complexity index is 374. The molecule has 0 radical (unpaired) electrons. The molecule has 2 atom stereocenters. The summed E-state index contributed by atoms with van der Waals surface area (Å²) in [4.78, 5) is 0. The zero-order chi connectivity index (χ0) is 11.0. The van der Waals surface area contributed by atoms with Crippen molar-refractivity contribution in [2.24, 2.45) is 7.05 Å². The summed E-state index contributed by atoms with van der Waals surface area (Å²) in [6, 6.07) is 0.0174. The molecule has 16 heavy (non-hydrogen) atoms. The van der Waals surface area contributed by atoms with Crippen molar-refractivity contribution in [1.29, 1.82) is 0 Å². The minimum atomic E-state index is -0.291. The number of nitrogens with one attached hydrogen (secondary N) is 1. The predicted molar refractivity (Wildman–Crippen MR) is 53.7 cm³/mol. The first-order valence-corrected chi connectivity index (χ1v) is 5.49. The highest BCUT2D eigenvalue weighted by atomic mass is 16.6. The van der Waals surface area contributed by atoms with E-state index in [0.29, 0.717) is 13.2 Å². The van der Waals surface area contributed by atoms with Crippen molar-refractivity contribution in [3.8, 4) is 0 Å². The van der Waals surface area contributed by atoms with E-state index >= 15 is 0 Å². The van der Waals surface area contributed by atoms with Crippen LogP contribution in [-0.4, -0.2) is 52.2 Å². The summed E-state index contributed by atoms with van der Waals surface area (Å²) in [5.41, 5.74) is -0.291. The molecule has 2 aliphatic heterocycles. The summed E-state index contributed by atoms with van der Waals surface area (Å²) in [5, 5.41) is 15.0. The van der Waals surface area contributed by atoms with Crippen molar-refractivity contribution in [3.05, 3.63) is 5.82 Å². The van der Waals surface area contributed by atoms with E-state index in [1.807, 2.05) is 7.05 Å². The lowest BCUT2D eigenvalue weighted by Gasteiger charge is -2.39. The lowest BCUT2D eigenvalue weighted by Crippen LogP contribution is -2.53. The van der Waals surface area contributed by atoms with Gasteiger partial charge in [-0.05, 0) is 10.4 Å². The summed E-state index contributed by atoms with van der Waals surface area (Å²) in [6.07, 6.45) is 0.886. The van der Waals surface area contributed by atoms with Crippen LogP contribution < -0.4 is 5.32 Å². The molecule has 2 fully saturated rings. The monoisotopic (exact) mass is 225 g/mol. The molecule has 1 aromatic rings. The smallest absolute Gasteiger partial charge is 0.171 e. The zero-order valence-corrected chi connectivity index (χ0v) is 9.22. The first kappa shape index (κ1) is 10.1. The van der Waals surface area contributed by atoms with Gasteiger partial charge in [-0.3, -0.25) is 0 Å². The third-order valence-corrected chi connectivity index (χ3v) is 3.29. The largest absolute Gasteiger partial charge is 0.378 e. The van der Waals surface area contributed by atoms with Crippen molar-refractivity contribution in [2.45, 2.75) is 18.1 Å². The summed E-state index contributed by atoms with van der Waals surface area (Å²) in [7, 11) is 1.84. The van der Waals surface area contributed by atoms with E-state index in [0.717, 1.165) is 25.4 Å². The fourth-order valence-corrected chi connectivity index (χ4v) is 2.44. The Morgan fingerprint density at radius 3 is 3.12 bits per heavy atom. The molecule has 1 aromatic heterocycles. The summed E-state index contributed by atoms with van der Waals surface area (Å²) in [6.45, 7) is 2.88. The fourth-order valence-electron chi connectivity index (χ4n) is 2.44. The number of ether oxygens (including phenoxy) is 2. The summed E-state index contributed by atoms with van der Waals surface area (Å²) >= 11 is 0. The fraction of sp³-hybridized carbons (Fsp3) is 0.889. The van der Waals surface area contributed by atoms with Gasteiger partial charge in [0.05, 0.1) is 13.2 Å². The molecule has 7 nitrogen and oxygen atoms in total. The molecule has 2 saturated heterocycles. The Morgan fingerprint density at radius 1 is 1.50 bits per heavy atom. The van der Waals surface area contributed by atoms with Crippen LogP contribution >= 0.6 is 0 Å². The van der Waals surface area contributed by atoms with Crippen molar-refractivity contribution in [1.82, 2.24) is 25.5 Å². The van der Waals surface area contributed by atoms with E-state index in [2.05, 4.69) is 20.8 Å². The van der Waals surface area contributed by atoms with E-state index in [4.69, 9.17) is 9.47 Å². The molecule has 3 rings (SSSR count). The average molecular weight is 225 g/mol. The van der Waals surface area contributed by atoms with Gasteiger partial charge in [0.1, 0.15) is 11.6 Å². The van der Waals surface area contributed by atoms with Crippen LogP contribution in [0.3, 0.4) is 0 Å². The Morgan fingerprint density at radius 2 is 2.44 bits per heavy atom. The van der Waals surface area contributed by atoms with E-state index in [9.17, 15) is 0 Å². The van der Waals surface area contributed by atoms with Crippen LogP contribution in [0.2, 0.25) is 0 Å². The predicted octanol–water partition coefficient (Wildman–Crippen LogP) is -0.970. The van der Waals surface area contributed by atoms with Gasteiger partial charge >= 0.3 is 0 Å². The second kappa shape index (κ2) is 3.76. The molecule has 7 heteroatoms. The van der Waals surface area contributed by atoms with Crippen LogP contribution in [0.5, 0.6) is 0 Å². The molecule has 1 spiro atoms. The van der Waals surface area contributed by atoms with Crippen LogP contribution in [0.15, 0.2) is 0 Å². The average Bonchev–Trinajstić information content (AvgIpc) is 2.90. The third kappa shape index (κ3) is 1.43. The van der Waals surface area contributed by atoms with Gasteiger partial charge in [-0.25, -0.2) is 4.68 Å². The van der Waals surface area contributed by atoms with Crippen molar-refractivity contribution in [3.63, 3.8) is 0 Å². The van der Waals surface area contributed by atoms with Crippen LogP contribution in [0, 0.1) is 0 Å². The highest BCUT2D eigenvalue weighted by Crippen LogP contribution is 2.37. The number of tetrazole rings is 1. The number of morpholine rings is 1. The highest BCUT2D eigenvalue weighted by Gasteiger charge is 2.48. The number of aromatic nitrogens is 4. The highest BCUT2D eigenvalue weighted by molar-refractivity contribution is 5.07.